The van der Waals surface area contributed by atoms with Crippen molar-refractivity contribution in [3.8, 4) is 0 Å². The first kappa shape index (κ1) is 14.1. The Balaban J connectivity index is 2.52. The lowest BCUT2D eigenvalue weighted by Crippen LogP contribution is -2.39. The van der Waals surface area contributed by atoms with Gasteiger partial charge >= 0.3 is 0 Å². The van der Waals surface area contributed by atoms with Gasteiger partial charge in [-0.25, -0.2) is 0 Å². The second kappa shape index (κ2) is 6.12. The van der Waals surface area contributed by atoms with Crippen molar-refractivity contribution in [2.45, 2.75) is 31.6 Å². The third-order valence-electron chi connectivity index (χ3n) is 2.56. The highest BCUT2D eigenvalue weighted by atomic mass is 32.2. The van der Waals surface area contributed by atoms with Crippen molar-refractivity contribution < 1.29 is 14.3 Å². The molecular formula is C12H19NO3S. The monoisotopic (exact) mass is 257 g/mol. The van der Waals surface area contributed by atoms with E-state index in [2.05, 4.69) is 5.32 Å². The van der Waals surface area contributed by atoms with Crippen LogP contribution < -0.4 is 5.32 Å². The van der Waals surface area contributed by atoms with Gasteiger partial charge in [-0.15, -0.1) is 0 Å². The minimum atomic E-state index is -0.871. The van der Waals surface area contributed by atoms with Gasteiger partial charge in [-0.05, 0) is 31.7 Å². The molecule has 1 rings (SSSR count). The van der Waals surface area contributed by atoms with E-state index in [-0.39, 0.29) is 12.5 Å². The average Bonchev–Trinajstić information content (AvgIpc) is 2.75. The van der Waals surface area contributed by atoms with Gasteiger partial charge in [-0.2, -0.15) is 11.8 Å². The highest BCUT2D eigenvalue weighted by Crippen LogP contribution is 2.13. The average molecular weight is 257 g/mol. The Kier molecular flexibility index (Phi) is 5.08. The maximum Gasteiger partial charge on any atom is 0.287 e. The Morgan fingerprint density at radius 1 is 1.59 bits per heavy atom. The maximum absolute atomic E-state index is 11.7. The zero-order valence-corrected chi connectivity index (χ0v) is 11.3. The molecule has 1 aromatic rings. The van der Waals surface area contributed by atoms with Crippen molar-refractivity contribution in [2.24, 2.45) is 0 Å². The lowest BCUT2D eigenvalue weighted by Gasteiger charge is -2.21. The molecule has 0 aliphatic heterocycles. The SMILES string of the molecule is CCC(C)(O)CNC(=O)c1ccc(CSC)o1. The Morgan fingerprint density at radius 3 is 2.88 bits per heavy atom. The molecule has 1 heterocycles. The number of furan rings is 1. The Labute approximate surface area is 106 Å². The van der Waals surface area contributed by atoms with Crippen molar-refractivity contribution in [3.05, 3.63) is 23.7 Å². The molecule has 1 atom stereocenters. The summed E-state index contributed by atoms with van der Waals surface area (Å²) < 4.78 is 5.37. The second-order valence-corrected chi connectivity index (χ2v) is 5.10. The first-order chi connectivity index (χ1) is 7.98. The molecule has 5 heteroatoms. The molecule has 0 saturated carbocycles. The maximum atomic E-state index is 11.7. The smallest absolute Gasteiger partial charge is 0.287 e. The van der Waals surface area contributed by atoms with Crippen LogP contribution in [0.1, 0.15) is 36.6 Å². The molecule has 0 aliphatic rings. The molecule has 96 valence electrons. The molecular weight excluding hydrogens is 238 g/mol. The predicted octanol–water partition coefficient (Wildman–Crippen LogP) is 2.03. The number of carbonyl (C=O) groups excluding carboxylic acids is 1. The van der Waals surface area contributed by atoms with Crippen LogP contribution in [0.4, 0.5) is 0 Å². The summed E-state index contributed by atoms with van der Waals surface area (Å²) in [6.07, 6.45) is 2.56. The van der Waals surface area contributed by atoms with Crippen LogP contribution in [-0.2, 0) is 5.75 Å². The minimum absolute atomic E-state index is 0.223. The van der Waals surface area contributed by atoms with E-state index in [4.69, 9.17) is 4.42 Å². The van der Waals surface area contributed by atoms with Crippen LogP contribution in [0.2, 0.25) is 0 Å². The quantitative estimate of drug-likeness (QED) is 0.818. The predicted molar refractivity (Wildman–Crippen MR) is 69.2 cm³/mol. The number of carbonyl (C=O) groups is 1. The van der Waals surface area contributed by atoms with Gasteiger partial charge in [-0.1, -0.05) is 6.92 Å². The molecule has 2 N–H and O–H groups in total. The minimum Gasteiger partial charge on any atom is -0.455 e. The van der Waals surface area contributed by atoms with Crippen LogP contribution in [0, 0.1) is 0 Å². The van der Waals surface area contributed by atoms with Crippen LogP contribution in [-0.4, -0.2) is 29.4 Å². The van der Waals surface area contributed by atoms with Crippen LogP contribution in [0.5, 0.6) is 0 Å². The number of amides is 1. The molecule has 0 radical (unpaired) electrons. The number of nitrogens with one attached hydrogen (secondary N) is 1. The van der Waals surface area contributed by atoms with E-state index >= 15 is 0 Å². The van der Waals surface area contributed by atoms with Gasteiger partial charge in [0.15, 0.2) is 5.76 Å². The summed E-state index contributed by atoms with van der Waals surface area (Å²) in [6, 6.07) is 3.45. The van der Waals surface area contributed by atoms with Gasteiger partial charge in [0.25, 0.3) is 5.91 Å². The van der Waals surface area contributed by atoms with E-state index in [1.807, 2.05) is 13.2 Å². The molecule has 17 heavy (non-hydrogen) atoms. The van der Waals surface area contributed by atoms with Gasteiger partial charge in [0, 0.05) is 6.54 Å². The summed E-state index contributed by atoms with van der Waals surface area (Å²) >= 11 is 1.64. The topological polar surface area (TPSA) is 62.5 Å². The van der Waals surface area contributed by atoms with Crippen molar-refractivity contribution in [1.29, 1.82) is 0 Å². The number of aliphatic hydroxyl groups is 1. The normalized spacial score (nSPS) is 14.4. The summed E-state index contributed by atoms with van der Waals surface area (Å²) in [6.45, 7) is 3.78. The molecule has 0 aliphatic carbocycles. The molecule has 1 amide bonds. The van der Waals surface area contributed by atoms with E-state index < -0.39 is 5.60 Å². The Morgan fingerprint density at radius 2 is 2.29 bits per heavy atom. The Bertz CT molecular complexity index is 374. The molecule has 0 fully saturated rings. The van der Waals surface area contributed by atoms with Crippen molar-refractivity contribution in [3.63, 3.8) is 0 Å². The van der Waals surface area contributed by atoms with Gasteiger partial charge in [0.2, 0.25) is 0 Å². The molecule has 1 aromatic heterocycles. The fourth-order valence-corrected chi connectivity index (χ4v) is 1.64. The van der Waals surface area contributed by atoms with Crippen LogP contribution >= 0.6 is 11.8 Å². The molecule has 4 nitrogen and oxygen atoms in total. The molecule has 0 saturated heterocycles. The van der Waals surface area contributed by atoms with Crippen LogP contribution in [0.15, 0.2) is 16.5 Å². The molecule has 0 aromatic carbocycles. The van der Waals surface area contributed by atoms with Gasteiger partial charge in [0.1, 0.15) is 5.76 Å². The molecule has 1 unspecified atom stereocenters. The first-order valence-electron chi connectivity index (χ1n) is 5.56. The molecule has 0 spiro atoms. The van der Waals surface area contributed by atoms with Crippen LogP contribution in [0.3, 0.4) is 0 Å². The zero-order valence-electron chi connectivity index (χ0n) is 10.4. The summed E-state index contributed by atoms with van der Waals surface area (Å²) in [4.78, 5) is 11.7. The third-order valence-corrected chi connectivity index (χ3v) is 3.14. The van der Waals surface area contributed by atoms with E-state index in [0.29, 0.717) is 12.2 Å². The third kappa shape index (κ3) is 4.44. The van der Waals surface area contributed by atoms with Gasteiger partial charge in [-0.3, -0.25) is 4.79 Å². The second-order valence-electron chi connectivity index (χ2n) is 4.23. The number of thioether (sulfide) groups is 1. The first-order valence-corrected chi connectivity index (χ1v) is 6.96. The molecule has 0 bridgehead atoms. The number of rotatable bonds is 6. The van der Waals surface area contributed by atoms with Crippen molar-refractivity contribution in [2.75, 3.05) is 12.8 Å². The van der Waals surface area contributed by atoms with E-state index in [1.165, 1.54) is 0 Å². The fourth-order valence-electron chi connectivity index (χ4n) is 1.20. The summed E-state index contributed by atoms with van der Waals surface area (Å²) in [5, 5.41) is 12.4. The van der Waals surface area contributed by atoms with E-state index in [0.717, 1.165) is 11.5 Å². The van der Waals surface area contributed by atoms with E-state index in [9.17, 15) is 9.90 Å². The fraction of sp³-hybridized carbons (Fsp3) is 0.583. The van der Waals surface area contributed by atoms with Crippen molar-refractivity contribution in [1.82, 2.24) is 5.32 Å². The summed E-state index contributed by atoms with van der Waals surface area (Å²) in [5.74, 6) is 1.54. The zero-order chi connectivity index (χ0) is 12.9. The lowest BCUT2D eigenvalue weighted by atomic mass is 10.0. The van der Waals surface area contributed by atoms with Gasteiger partial charge in [0.05, 0.1) is 11.4 Å². The van der Waals surface area contributed by atoms with Gasteiger partial charge < -0.3 is 14.8 Å². The summed E-state index contributed by atoms with van der Waals surface area (Å²) in [5.41, 5.74) is -0.871. The van der Waals surface area contributed by atoms with Crippen LogP contribution in [0.25, 0.3) is 0 Å². The standard InChI is InChI=1S/C12H19NO3S/c1-4-12(2,15)8-13-11(14)10-6-5-9(16-10)7-17-3/h5-6,15H,4,7-8H2,1-3H3,(H,13,14). The number of hydrogen-bond donors (Lipinski definition) is 2. The largest absolute Gasteiger partial charge is 0.455 e. The number of hydrogen-bond acceptors (Lipinski definition) is 4. The lowest BCUT2D eigenvalue weighted by molar-refractivity contribution is 0.0511. The van der Waals surface area contributed by atoms with Crippen molar-refractivity contribution >= 4 is 17.7 Å². The summed E-state index contributed by atoms with van der Waals surface area (Å²) in [7, 11) is 0. The van der Waals surface area contributed by atoms with E-state index in [1.54, 1.807) is 30.8 Å². The highest BCUT2D eigenvalue weighted by molar-refractivity contribution is 7.97. The Hall–Kier alpha value is -0.940. The highest BCUT2D eigenvalue weighted by Gasteiger charge is 2.20.